The SMILES string of the molecule is CSc1ccccc1NC(=O)CN(C)C(=O)c1cccc([N+](=O)[O-])c1C. The second-order valence-electron chi connectivity index (χ2n) is 5.62. The molecule has 0 aliphatic rings. The summed E-state index contributed by atoms with van der Waals surface area (Å²) in [5, 5.41) is 13.8. The maximum Gasteiger partial charge on any atom is 0.273 e. The van der Waals surface area contributed by atoms with E-state index >= 15 is 0 Å². The number of anilines is 1. The standard InChI is InChI=1S/C18H19N3O4S/c1-12-13(7-6-9-15(12)21(24)25)18(23)20(2)11-17(22)19-14-8-4-5-10-16(14)26-3/h4-10H,11H2,1-3H3,(H,19,22). The van der Waals surface area contributed by atoms with Crippen LogP contribution in [-0.4, -0.2) is 41.5 Å². The summed E-state index contributed by atoms with van der Waals surface area (Å²) in [6.07, 6.45) is 1.91. The number of hydrogen-bond acceptors (Lipinski definition) is 5. The molecular formula is C18H19N3O4S. The number of carbonyl (C=O) groups is 2. The van der Waals surface area contributed by atoms with Crippen LogP contribution in [-0.2, 0) is 4.79 Å². The minimum Gasteiger partial charge on any atom is -0.332 e. The topological polar surface area (TPSA) is 92.6 Å². The summed E-state index contributed by atoms with van der Waals surface area (Å²) < 4.78 is 0. The van der Waals surface area contributed by atoms with Crippen LogP contribution in [0.3, 0.4) is 0 Å². The molecule has 7 nitrogen and oxygen atoms in total. The first-order valence-corrected chi connectivity index (χ1v) is 9.00. The molecule has 2 aromatic rings. The highest BCUT2D eigenvalue weighted by molar-refractivity contribution is 7.98. The molecule has 2 amide bonds. The molecule has 0 unspecified atom stereocenters. The number of rotatable bonds is 6. The van der Waals surface area contributed by atoms with Crippen LogP contribution in [0.15, 0.2) is 47.4 Å². The molecule has 0 spiro atoms. The molecule has 26 heavy (non-hydrogen) atoms. The third-order valence-electron chi connectivity index (χ3n) is 3.84. The highest BCUT2D eigenvalue weighted by Crippen LogP contribution is 2.25. The number of likely N-dealkylation sites (N-methyl/N-ethyl adjacent to an activating group) is 1. The summed E-state index contributed by atoms with van der Waals surface area (Å²) in [4.78, 5) is 37.5. The predicted molar refractivity (Wildman–Crippen MR) is 102 cm³/mol. The van der Waals surface area contributed by atoms with E-state index in [1.54, 1.807) is 6.07 Å². The maximum atomic E-state index is 12.6. The summed E-state index contributed by atoms with van der Waals surface area (Å²) in [7, 11) is 1.49. The molecule has 0 atom stereocenters. The number of carbonyl (C=O) groups excluding carboxylic acids is 2. The van der Waals surface area contributed by atoms with E-state index in [1.165, 1.54) is 48.8 Å². The van der Waals surface area contributed by atoms with Crippen LogP contribution in [0.4, 0.5) is 11.4 Å². The molecule has 0 aliphatic carbocycles. The lowest BCUT2D eigenvalue weighted by molar-refractivity contribution is -0.385. The number of para-hydroxylation sites is 1. The van der Waals surface area contributed by atoms with Crippen molar-refractivity contribution in [2.75, 3.05) is 25.2 Å². The second-order valence-corrected chi connectivity index (χ2v) is 6.46. The minimum absolute atomic E-state index is 0.123. The van der Waals surface area contributed by atoms with Gasteiger partial charge < -0.3 is 10.2 Å². The molecule has 1 N–H and O–H groups in total. The van der Waals surface area contributed by atoms with Crippen molar-refractivity contribution in [1.82, 2.24) is 4.90 Å². The average Bonchev–Trinajstić information content (AvgIpc) is 2.61. The van der Waals surface area contributed by atoms with Crippen molar-refractivity contribution in [3.63, 3.8) is 0 Å². The fourth-order valence-electron chi connectivity index (χ4n) is 2.48. The molecule has 136 valence electrons. The predicted octanol–water partition coefficient (Wildman–Crippen LogP) is 3.34. The Hall–Kier alpha value is -2.87. The van der Waals surface area contributed by atoms with Gasteiger partial charge >= 0.3 is 0 Å². The Kier molecular flexibility index (Phi) is 6.35. The third kappa shape index (κ3) is 4.40. The molecule has 8 heteroatoms. The lowest BCUT2D eigenvalue weighted by Gasteiger charge is -2.18. The largest absolute Gasteiger partial charge is 0.332 e. The van der Waals surface area contributed by atoms with Gasteiger partial charge in [-0.15, -0.1) is 11.8 Å². The molecule has 2 aromatic carbocycles. The Labute approximate surface area is 155 Å². The Morgan fingerprint density at radius 2 is 1.88 bits per heavy atom. The number of nitro groups is 1. The molecular weight excluding hydrogens is 354 g/mol. The third-order valence-corrected chi connectivity index (χ3v) is 4.64. The lowest BCUT2D eigenvalue weighted by Crippen LogP contribution is -2.35. The van der Waals surface area contributed by atoms with E-state index in [1.807, 2.05) is 24.5 Å². The van der Waals surface area contributed by atoms with Crippen LogP contribution >= 0.6 is 11.8 Å². The van der Waals surface area contributed by atoms with Crippen molar-refractivity contribution in [3.05, 3.63) is 63.7 Å². The highest BCUT2D eigenvalue weighted by Gasteiger charge is 2.21. The zero-order valence-corrected chi connectivity index (χ0v) is 15.5. The minimum atomic E-state index is -0.530. The highest BCUT2D eigenvalue weighted by atomic mass is 32.2. The van der Waals surface area contributed by atoms with E-state index < -0.39 is 10.8 Å². The molecule has 0 heterocycles. The second kappa shape index (κ2) is 8.48. The molecule has 0 aromatic heterocycles. The van der Waals surface area contributed by atoms with E-state index in [0.29, 0.717) is 5.69 Å². The molecule has 0 bridgehead atoms. The Bertz CT molecular complexity index is 854. The zero-order chi connectivity index (χ0) is 19.3. The maximum absolute atomic E-state index is 12.6. The Morgan fingerprint density at radius 1 is 1.19 bits per heavy atom. The molecule has 0 fully saturated rings. The zero-order valence-electron chi connectivity index (χ0n) is 14.7. The first kappa shape index (κ1) is 19.5. The summed E-state index contributed by atoms with van der Waals surface area (Å²) in [6.45, 7) is 1.36. The van der Waals surface area contributed by atoms with Gasteiger partial charge in [0.05, 0.1) is 17.2 Å². The smallest absolute Gasteiger partial charge is 0.273 e. The number of hydrogen-bond donors (Lipinski definition) is 1. The fourth-order valence-corrected chi connectivity index (χ4v) is 3.04. The Morgan fingerprint density at radius 3 is 2.54 bits per heavy atom. The van der Waals surface area contributed by atoms with Gasteiger partial charge in [-0.3, -0.25) is 19.7 Å². The van der Waals surface area contributed by atoms with Gasteiger partial charge in [-0.2, -0.15) is 0 Å². The van der Waals surface area contributed by atoms with Gasteiger partial charge in [0, 0.05) is 29.1 Å². The van der Waals surface area contributed by atoms with Gasteiger partial charge in [-0.05, 0) is 31.4 Å². The van der Waals surface area contributed by atoms with E-state index in [0.717, 1.165) is 4.90 Å². The number of thioether (sulfide) groups is 1. The molecule has 0 aliphatic heterocycles. The van der Waals surface area contributed by atoms with Gasteiger partial charge in [0.25, 0.3) is 11.6 Å². The normalized spacial score (nSPS) is 10.3. The van der Waals surface area contributed by atoms with Gasteiger partial charge in [0.2, 0.25) is 5.91 Å². The fraction of sp³-hybridized carbons (Fsp3) is 0.222. The lowest BCUT2D eigenvalue weighted by atomic mass is 10.1. The summed E-state index contributed by atoms with van der Waals surface area (Å²) in [5.41, 5.74) is 1.04. The van der Waals surface area contributed by atoms with E-state index in [-0.39, 0.29) is 29.3 Å². The van der Waals surface area contributed by atoms with Crippen molar-refractivity contribution < 1.29 is 14.5 Å². The molecule has 0 radical (unpaired) electrons. The van der Waals surface area contributed by atoms with Crippen LogP contribution in [0.2, 0.25) is 0 Å². The summed E-state index contributed by atoms with van der Waals surface area (Å²) in [5.74, 6) is -0.787. The van der Waals surface area contributed by atoms with Crippen molar-refractivity contribution in [2.24, 2.45) is 0 Å². The number of nitrogens with zero attached hydrogens (tertiary/aromatic N) is 2. The van der Waals surface area contributed by atoms with Crippen LogP contribution < -0.4 is 5.32 Å². The van der Waals surface area contributed by atoms with Gasteiger partial charge in [-0.1, -0.05) is 18.2 Å². The van der Waals surface area contributed by atoms with Crippen LogP contribution in [0.5, 0.6) is 0 Å². The quantitative estimate of drug-likeness (QED) is 0.476. The number of nitro benzene ring substituents is 1. The average molecular weight is 373 g/mol. The van der Waals surface area contributed by atoms with Crippen LogP contribution in [0, 0.1) is 17.0 Å². The molecule has 0 saturated carbocycles. The van der Waals surface area contributed by atoms with Crippen molar-refractivity contribution >= 4 is 35.0 Å². The number of nitrogens with one attached hydrogen (secondary N) is 1. The van der Waals surface area contributed by atoms with Crippen molar-refractivity contribution in [1.29, 1.82) is 0 Å². The summed E-state index contributed by atoms with van der Waals surface area (Å²) in [6, 6.07) is 11.7. The van der Waals surface area contributed by atoms with Crippen LogP contribution in [0.25, 0.3) is 0 Å². The van der Waals surface area contributed by atoms with Gasteiger partial charge in [0.1, 0.15) is 0 Å². The van der Waals surface area contributed by atoms with E-state index in [4.69, 9.17) is 0 Å². The summed E-state index contributed by atoms with van der Waals surface area (Å²) >= 11 is 1.51. The van der Waals surface area contributed by atoms with Crippen molar-refractivity contribution in [2.45, 2.75) is 11.8 Å². The Balaban J connectivity index is 2.11. The first-order valence-electron chi connectivity index (χ1n) is 7.77. The van der Waals surface area contributed by atoms with Gasteiger partial charge in [0.15, 0.2) is 0 Å². The van der Waals surface area contributed by atoms with E-state index in [2.05, 4.69) is 5.32 Å². The molecule has 0 saturated heterocycles. The van der Waals surface area contributed by atoms with Gasteiger partial charge in [-0.25, -0.2) is 0 Å². The molecule has 2 rings (SSSR count). The van der Waals surface area contributed by atoms with Crippen LogP contribution in [0.1, 0.15) is 15.9 Å². The monoisotopic (exact) mass is 373 g/mol. The first-order chi connectivity index (χ1) is 12.3. The number of amides is 2. The number of benzene rings is 2. The van der Waals surface area contributed by atoms with E-state index in [9.17, 15) is 19.7 Å². The van der Waals surface area contributed by atoms with Crippen molar-refractivity contribution in [3.8, 4) is 0 Å².